The van der Waals surface area contributed by atoms with Crippen LogP contribution in [0.15, 0.2) is 30.5 Å². The second-order valence-electron chi connectivity index (χ2n) is 3.61. The molecule has 2 aromatic rings. The van der Waals surface area contributed by atoms with Gasteiger partial charge in [0.05, 0.1) is 7.11 Å². The molecule has 0 radical (unpaired) electrons. The van der Waals surface area contributed by atoms with Crippen molar-refractivity contribution < 1.29 is 9.53 Å². The van der Waals surface area contributed by atoms with Crippen LogP contribution in [0.25, 0.3) is 11.4 Å². The van der Waals surface area contributed by atoms with Crippen molar-refractivity contribution in [3.8, 4) is 17.1 Å². The number of carbonyl (C=O) groups is 1. The molecule has 0 unspecified atom stereocenters. The van der Waals surface area contributed by atoms with Gasteiger partial charge >= 0.3 is 0 Å². The first-order valence-corrected chi connectivity index (χ1v) is 5.18. The fourth-order valence-corrected chi connectivity index (χ4v) is 1.59. The van der Waals surface area contributed by atoms with Gasteiger partial charge in [-0.3, -0.25) is 4.79 Å². The lowest BCUT2D eigenvalue weighted by molar-refractivity contribution is 0.111. The Kier molecular flexibility index (Phi) is 3.14. The number of aromatic nitrogens is 2. The monoisotopic (exact) mass is 228 g/mol. The number of aldehydes is 1. The molecule has 2 rings (SSSR count). The Morgan fingerprint density at radius 3 is 2.76 bits per heavy atom. The van der Waals surface area contributed by atoms with Crippen molar-refractivity contribution in [3.05, 3.63) is 41.7 Å². The highest BCUT2D eigenvalue weighted by molar-refractivity contribution is 5.73. The Balaban J connectivity index is 2.45. The summed E-state index contributed by atoms with van der Waals surface area (Å²) >= 11 is 0. The molecule has 0 saturated carbocycles. The van der Waals surface area contributed by atoms with Crippen LogP contribution < -0.4 is 4.74 Å². The van der Waals surface area contributed by atoms with Gasteiger partial charge in [-0.25, -0.2) is 9.97 Å². The predicted molar refractivity (Wildman–Crippen MR) is 64.1 cm³/mol. The summed E-state index contributed by atoms with van der Waals surface area (Å²) < 4.78 is 5.18. The Morgan fingerprint density at radius 1 is 1.29 bits per heavy atom. The molecule has 0 bridgehead atoms. The van der Waals surface area contributed by atoms with Crippen LogP contribution in [0.4, 0.5) is 0 Å². The summed E-state index contributed by atoms with van der Waals surface area (Å²) in [6.07, 6.45) is 2.28. The van der Waals surface area contributed by atoms with Crippen LogP contribution in [-0.2, 0) is 0 Å². The molecule has 0 saturated heterocycles. The van der Waals surface area contributed by atoms with E-state index in [1.54, 1.807) is 19.4 Å². The molecule has 0 aliphatic carbocycles. The molecule has 0 amide bonds. The molecule has 4 nitrogen and oxygen atoms in total. The number of hydrogen-bond donors (Lipinski definition) is 0. The van der Waals surface area contributed by atoms with Crippen molar-refractivity contribution in [1.82, 2.24) is 9.97 Å². The first-order valence-electron chi connectivity index (χ1n) is 5.18. The Hall–Kier alpha value is -2.23. The summed E-state index contributed by atoms with van der Waals surface area (Å²) in [6.45, 7) is 1.95. The Bertz CT molecular complexity index is 553. The van der Waals surface area contributed by atoms with Gasteiger partial charge in [0.2, 0.25) is 0 Å². The Morgan fingerprint density at radius 2 is 2.12 bits per heavy atom. The molecular weight excluding hydrogens is 216 g/mol. The molecule has 17 heavy (non-hydrogen) atoms. The first-order chi connectivity index (χ1) is 8.24. The molecule has 0 atom stereocenters. The van der Waals surface area contributed by atoms with Gasteiger partial charge in [-0.1, -0.05) is 0 Å². The highest BCUT2D eigenvalue weighted by Gasteiger charge is 2.05. The average Bonchev–Trinajstić information content (AvgIpc) is 2.38. The third-order valence-electron chi connectivity index (χ3n) is 2.45. The van der Waals surface area contributed by atoms with Crippen molar-refractivity contribution >= 4 is 6.29 Å². The van der Waals surface area contributed by atoms with E-state index in [0.29, 0.717) is 17.8 Å². The summed E-state index contributed by atoms with van der Waals surface area (Å²) in [7, 11) is 1.63. The number of rotatable bonds is 3. The number of methoxy groups -OCH3 is 1. The van der Waals surface area contributed by atoms with Crippen molar-refractivity contribution in [2.24, 2.45) is 0 Å². The van der Waals surface area contributed by atoms with Gasteiger partial charge < -0.3 is 4.74 Å². The number of ether oxygens (including phenoxy) is 1. The minimum atomic E-state index is 0.378. The van der Waals surface area contributed by atoms with E-state index in [2.05, 4.69) is 9.97 Å². The molecule has 0 fully saturated rings. The zero-order valence-electron chi connectivity index (χ0n) is 9.68. The summed E-state index contributed by atoms with van der Waals surface area (Å²) in [5.74, 6) is 1.36. The van der Waals surface area contributed by atoms with Gasteiger partial charge in [0.25, 0.3) is 0 Å². The lowest BCUT2D eigenvalue weighted by atomic mass is 10.1. The normalized spacial score (nSPS) is 10.0. The van der Waals surface area contributed by atoms with Crippen molar-refractivity contribution in [2.75, 3.05) is 7.11 Å². The number of hydrogen-bond acceptors (Lipinski definition) is 4. The molecular formula is C13H12N2O2. The summed E-state index contributed by atoms with van der Waals surface area (Å²) in [5, 5.41) is 0. The maximum Gasteiger partial charge on any atom is 0.168 e. The van der Waals surface area contributed by atoms with Gasteiger partial charge in [-0.05, 0) is 36.8 Å². The molecule has 0 aliphatic heterocycles. The lowest BCUT2D eigenvalue weighted by Gasteiger charge is -2.06. The second-order valence-corrected chi connectivity index (χ2v) is 3.61. The highest BCUT2D eigenvalue weighted by Crippen LogP contribution is 2.23. The lowest BCUT2D eigenvalue weighted by Crippen LogP contribution is -1.94. The number of nitrogens with zero attached hydrogens (tertiary/aromatic N) is 2. The average molecular weight is 228 g/mol. The highest BCUT2D eigenvalue weighted by atomic mass is 16.5. The summed E-state index contributed by atoms with van der Waals surface area (Å²) in [6, 6.07) is 7.24. The van der Waals surface area contributed by atoms with E-state index in [9.17, 15) is 4.79 Å². The van der Waals surface area contributed by atoms with Crippen molar-refractivity contribution in [1.29, 1.82) is 0 Å². The standard InChI is InChI=1S/C13H12N2O2/c1-9-7-10(3-4-12(9)17-2)13-14-6-5-11(8-16)15-13/h3-8H,1-2H3. The molecule has 4 heteroatoms. The van der Waals surface area contributed by atoms with Crippen LogP contribution in [0.5, 0.6) is 5.75 Å². The minimum absolute atomic E-state index is 0.378. The SMILES string of the molecule is COc1ccc(-c2nccc(C=O)n2)cc1C. The van der Waals surface area contributed by atoms with Crippen LogP contribution in [-0.4, -0.2) is 23.4 Å². The van der Waals surface area contributed by atoms with Gasteiger partial charge in [0.1, 0.15) is 11.4 Å². The third-order valence-corrected chi connectivity index (χ3v) is 2.45. The van der Waals surface area contributed by atoms with E-state index >= 15 is 0 Å². The largest absolute Gasteiger partial charge is 0.496 e. The molecule has 1 aromatic carbocycles. The van der Waals surface area contributed by atoms with Crippen LogP contribution in [0.3, 0.4) is 0 Å². The summed E-state index contributed by atoms with van der Waals surface area (Å²) in [4.78, 5) is 18.9. The quantitative estimate of drug-likeness (QED) is 0.756. The first kappa shape index (κ1) is 11.3. The number of aryl methyl sites for hydroxylation is 1. The topological polar surface area (TPSA) is 52.1 Å². The zero-order valence-corrected chi connectivity index (χ0v) is 9.68. The smallest absolute Gasteiger partial charge is 0.168 e. The molecule has 0 aliphatic rings. The number of benzene rings is 1. The number of carbonyl (C=O) groups excluding carboxylic acids is 1. The van der Waals surface area contributed by atoms with Crippen LogP contribution in [0.1, 0.15) is 16.1 Å². The van der Waals surface area contributed by atoms with E-state index < -0.39 is 0 Å². The molecule has 0 N–H and O–H groups in total. The fourth-order valence-electron chi connectivity index (χ4n) is 1.59. The van der Waals surface area contributed by atoms with Crippen molar-refractivity contribution in [2.45, 2.75) is 6.92 Å². The Labute approximate surface area is 99.3 Å². The third kappa shape index (κ3) is 2.30. The minimum Gasteiger partial charge on any atom is -0.496 e. The second kappa shape index (κ2) is 4.74. The molecule has 1 aromatic heterocycles. The fraction of sp³-hybridized carbons (Fsp3) is 0.154. The van der Waals surface area contributed by atoms with Gasteiger partial charge in [0, 0.05) is 11.8 Å². The van der Waals surface area contributed by atoms with Crippen LogP contribution in [0.2, 0.25) is 0 Å². The van der Waals surface area contributed by atoms with Gasteiger partial charge in [0.15, 0.2) is 12.1 Å². The molecule has 1 heterocycles. The van der Waals surface area contributed by atoms with Gasteiger partial charge in [-0.2, -0.15) is 0 Å². The van der Waals surface area contributed by atoms with E-state index in [-0.39, 0.29) is 0 Å². The van der Waals surface area contributed by atoms with Crippen LogP contribution >= 0.6 is 0 Å². The van der Waals surface area contributed by atoms with E-state index in [0.717, 1.165) is 16.9 Å². The van der Waals surface area contributed by atoms with Crippen molar-refractivity contribution in [3.63, 3.8) is 0 Å². The van der Waals surface area contributed by atoms with E-state index in [1.807, 2.05) is 25.1 Å². The summed E-state index contributed by atoms with van der Waals surface area (Å²) in [5.41, 5.74) is 2.25. The zero-order chi connectivity index (χ0) is 12.3. The van der Waals surface area contributed by atoms with E-state index in [1.165, 1.54) is 0 Å². The predicted octanol–water partition coefficient (Wildman–Crippen LogP) is 2.27. The van der Waals surface area contributed by atoms with Gasteiger partial charge in [-0.15, -0.1) is 0 Å². The maximum atomic E-state index is 10.6. The molecule has 86 valence electrons. The van der Waals surface area contributed by atoms with Crippen LogP contribution in [0, 0.1) is 6.92 Å². The maximum absolute atomic E-state index is 10.6. The molecule has 0 spiro atoms. The van der Waals surface area contributed by atoms with E-state index in [4.69, 9.17) is 4.74 Å².